The lowest BCUT2D eigenvalue weighted by atomic mass is 10.3. The van der Waals surface area contributed by atoms with E-state index in [1.807, 2.05) is 48.0 Å². The van der Waals surface area contributed by atoms with Crippen LogP contribution in [0.3, 0.4) is 0 Å². The molecule has 0 bridgehead atoms. The van der Waals surface area contributed by atoms with Gasteiger partial charge in [0.2, 0.25) is 0 Å². The molecule has 6 nitrogen and oxygen atoms in total. The predicted octanol–water partition coefficient (Wildman–Crippen LogP) is 4.16. The molecule has 27 heavy (non-hydrogen) atoms. The number of thiophene rings is 1. The van der Waals surface area contributed by atoms with Gasteiger partial charge < -0.3 is 9.47 Å². The maximum absolute atomic E-state index is 12.5. The molecule has 0 spiro atoms. The molecular weight excluding hydrogens is 362 g/mol. The van der Waals surface area contributed by atoms with E-state index >= 15 is 0 Å². The standard InChI is InChI=1S/C20H17N3O3S/c1-13-17-11-18(20(24)26-12-14-10-16(25-2)8-9-21-14)27-19(17)23(22-13)15-6-4-3-5-7-15/h3-11H,12H2,1-2H3. The van der Waals surface area contributed by atoms with Gasteiger partial charge in [0.1, 0.15) is 22.1 Å². The van der Waals surface area contributed by atoms with Crippen LogP contribution < -0.4 is 4.74 Å². The summed E-state index contributed by atoms with van der Waals surface area (Å²) in [7, 11) is 1.58. The molecule has 0 atom stereocenters. The number of benzene rings is 1. The van der Waals surface area contributed by atoms with Gasteiger partial charge in [0.25, 0.3) is 0 Å². The summed E-state index contributed by atoms with van der Waals surface area (Å²) in [6, 6.07) is 15.2. The zero-order valence-electron chi connectivity index (χ0n) is 14.9. The second-order valence-corrected chi connectivity index (χ2v) is 6.96. The molecule has 1 aromatic carbocycles. The fourth-order valence-electron chi connectivity index (χ4n) is 2.76. The molecule has 136 valence electrons. The summed E-state index contributed by atoms with van der Waals surface area (Å²) in [6.45, 7) is 2.03. The fourth-order valence-corrected chi connectivity index (χ4v) is 3.84. The van der Waals surface area contributed by atoms with Crippen molar-refractivity contribution >= 4 is 27.5 Å². The van der Waals surface area contributed by atoms with E-state index in [1.165, 1.54) is 11.3 Å². The third-order valence-corrected chi connectivity index (χ3v) is 5.21. The SMILES string of the molecule is COc1ccnc(COC(=O)c2cc3c(C)nn(-c4ccccc4)c3s2)c1. The lowest BCUT2D eigenvalue weighted by molar-refractivity contribution is 0.0473. The van der Waals surface area contributed by atoms with Crippen molar-refractivity contribution in [1.29, 1.82) is 0 Å². The van der Waals surface area contributed by atoms with Crippen LogP contribution in [0.5, 0.6) is 5.75 Å². The molecule has 0 unspecified atom stereocenters. The minimum Gasteiger partial charge on any atom is -0.497 e. The smallest absolute Gasteiger partial charge is 0.348 e. The van der Waals surface area contributed by atoms with Crippen LogP contribution in [0.4, 0.5) is 0 Å². The Kier molecular flexibility index (Phi) is 4.60. The molecule has 0 saturated carbocycles. The van der Waals surface area contributed by atoms with Crippen molar-refractivity contribution in [2.24, 2.45) is 0 Å². The number of nitrogens with zero attached hydrogens (tertiary/aromatic N) is 3. The topological polar surface area (TPSA) is 66.2 Å². The molecule has 4 aromatic rings. The van der Waals surface area contributed by atoms with Crippen molar-refractivity contribution in [3.8, 4) is 11.4 Å². The minimum absolute atomic E-state index is 0.0913. The van der Waals surface area contributed by atoms with Crippen molar-refractivity contribution in [3.63, 3.8) is 0 Å². The number of carbonyl (C=O) groups excluding carboxylic acids is 1. The molecule has 0 N–H and O–H groups in total. The number of esters is 1. The van der Waals surface area contributed by atoms with E-state index in [4.69, 9.17) is 9.47 Å². The fraction of sp³-hybridized carbons (Fsp3) is 0.150. The molecule has 0 aliphatic rings. The van der Waals surface area contributed by atoms with Crippen molar-refractivity contribution in [2.75, 3.05) is 7.11 Å². The Bertz CT molecular complexity index is 1100. The second-order valence-electron chi connectivity index (χ2n) is 5.93. The van der Waals surface area contributed by atoms with E-state index < -0.39 is 0 Å². The van der Waals surface area contributed by atoms with Gasteiger partial charge in [-0.3, -0.25) is 4.98 Å². The van der Waals surface area contributed by atoms with Gasteiger partial charge in [-0.05, 0) is 31.2 Å². The molecule has 0 amide bonds. The van der Waals surface area contributed by atoms with Crippen LogP contribution in [0.15, 0.2) is 54.7 Å². The van der Waals surface area contributed by atoms with Gasteiger partial charge in [0, 0.05) is 17.6 Å². The van der Waals surface area contributed by atoms with Gasteiger partial charge in [0.15, 0.2) is 0 Å². The summed E-state index contributed by atoms with van der Waals surface area (Å²) < 4.78 is 12.4. The summed E-state index contributed by atoms with van der Waals surface area (Å²) in [5, 5.41) is 5.54. The maximum Gasteiger partial charge on any atom is 0.348 e. The van der Waals surface area contributed by atoms with E-state index in [0.29, 0.717) is 16.3 Å². The van der Waals surface area contributed by atoms with Gasteiger partial charge in [-0.1, -0.05) is 18.2 Å². The van der Waals surface area contributed by atoms with Crippen LogP contribution in [0, 0.1) is 6.92 Å². The highest BCUT2D eigenvalue weighted by Crippen LogP contribution is 2.30. The lowest BCUT2D eigenvalue weighted by Crippen LogP contribution is -2.04. The van der Waals surface area contributed by atoms with Crippen molar-refractivity contribution < 1.29 is 14.3 Å². The van der Waals surface area contributed by atoms with Crippen molar-refractivity contribution in [3.05, 3.63) is 71.0 Å². The number of aryl methyl sites for hydroxylation is 1. The number of fused-ring (bicyclic) bond motifs is 1. The molecule has 3 aromatic heterocycles. The molecule has 0 radical (unpaired) electrons. The Hall–Kier alpha value is -3.19. The van der Waals surface area contributed by atoms with Crippen LogP contribution in [-0.4, -0.2) is 27.8 Å². The molecule has 0 saturated heterocycles. The van der Waals surface area contributed by atoms with Gasteiger partial charge in [-0.15, -0.1) is 11.3 Å². The third-order valence-electron chi connectivity index (χ3n) is 4.12. The van der Waals surface area contributed by atoms with Crippen molar-refractivity contribution in [2.45, 2.75) is 13.5 Å². The summed E-state index contributed by atoms with van der Waals surface area (Å²) in [6.07, 6.45) is 1.62. The normalized spacial score (nSPS) is 10.9. The monoisotopic (exact) mass is 379 g/mol. The number of methoxy groups -OCH3 is 1. The van der Waals surface area contributed by atoms with Crippen LogP contribution in [0.2, 0.25) is 0 Å². The Labute approximate surface area is 160 Å². The molecule has 0 fully saturated rings. The number of ether oxygens (including phenoxy) is 2. The maximum atomic E-state index is 12.5. The van der Waals surface area contributed by atoms with E-state index in [2.05, 4.69) is 10.1 Å². The Morgan fingerprint density at radius 1 is 1.19 bits per heavy atom. The van der Waals surface area contributed by atoms with Crippen LogP contribution in [-0.2, 0) is 11.3 Å². The number of aromatic nitrogens is 3. The van der Waals surface area contributed by atoms with Crippen LogP contribution in [0.25, 0.3) is 15.9 Å². The van der Waals surface area contributed by atoms with Gasteiger partial charge in [-0.2, -0.15) is 5.10 Å². The summed E-state index contributed by atoms with van der Waals surface area (Å²) in [5.41, 5.74) is 2.46. The van der Waals surface area contributed by atoms with Crippen LogP contribution in [0.1, 0.15) is 21.1 Å². The van der Waals surface area contributed by atoms with E-state index in [-0.39, 0.29) is 12.6 Å². The summed E-state index contributed by atoms with van der Waals surface area (Å²) >= 11 is 1.37. The van der Waals surface area contributed by atoms with Gasteiger partial charge >= 0.3 is 5.97 Å². The Morgan fingerprint density at radius 2 is 2.00 bits per heavy atom. The number of rotatable bonds is 5. The number of para-hydroxylation sites is 1. The summed E-state index contributed by atoms with van der Waals surface area (Å²) in [5.74, 6) is 0.302. The third kappa shape index (κ3) is 3.41. The highest BCUT2D eigenvalue weighted by Gasteiger charge is 2.18. The lowest BCUT2D eigenvalue weighted by Gasteiger charge is -2.05. The van der Waals surface area contributed by atoms with Gasteiger partial charge in [-0.25, -0.2) is 9.48 Å². The molecular formula is C20H17N3O3S. The number of hydrogen-bond acceptors (Lipinski definition) is 6. The Balaban J connectivity index is 1.57. The highest BCUT2D eigenvalue weighted by atomic mass is 32.1. The van der Waals surface area contributed by atoms with Crippen LogP contribution >= 0.6 is 11.3 Å². The zero-order valence-corrected chi connectivity index (χ0v) is 15.7. The average molecular weight is 379 g/mol. The largest absolute Gasteiger partial charge is 0.497 e. The first-order valence-electron chi connectivity index (χ1n) is 8.36. The number of pyridine rings is 1. The Morgan fingerprint density at radius 3 is 2.78 bits per heavy atom. The molecule has 7 heteroatoms. The number of carbonyl (C=O) groups is 1. The molecule has 0 aliphatic heterocycles. The molecule has 4 rings (SSSR count). The highest BCUT2D eigenvalue weighted by molar-refractivity contribution is 7.20. The zero-order chi connectivity index (χ0) is 18.8. The molecule has 0 aliphatic carbocycles. The predicted molar refractivity (Wildman–Crippen MR) is 104 cm³/mol. The van der Waals surface area contributed by atoms with Crippen molar-refractivity contribution in [1.82, 2.24) is 14.8 Å². The van der Waals surface area contributed by atoms with Gasteiger partial charge in [0.05, 0.1) is 24.2 Å². The number of hydrogen-bond donors (Lipinski definition) is 0. The average Bonchev–Trinajstić information content (AvgIpc) is 3.28. The minimum atomic E-state index is -0.375. The van der Waals surface area contributed by atoms with E-state index in [0.717, 1.165) is 21.6 Å². The first-order chi connectivity index (χ1) is 13.2. The first kappa shape index (κ1) is 17.2. The van der Waals surface area contributed by atoms with E-state index in [9.17, 15) is 4.79 Å². The first-order valence-corrected chi connectivity index (χ1v) is 9.18. The molecule has 3 heterocycles. The summed E-state index contributed by atoms with van der Waals surface area (Å²) in [4.78, 5) is 18.1. The quantitative estimate of drug-likeness (QED) is 0.487. The van der Waals surface area contributed by atoms with E-state index in [1.54, 1.807) is 25.4 Å². The second kappa shape index (κ2) is 7.20.